The van der Waals surface area contributed by atoms with Crippen molar-refractivity contribution in [1.29, 1.82) is 0 Å². The van der Waals surface area contributed by atoms with Crippen molar-refractivity contribution >= 4 is 5.78 Å². The fourth-order valence-electron chi connectivity index (χ4n) is 4.87. The van der Waals surface area contributed by atoms with E-state index in [0.717, 1.165) is 32.1 Å². The number of hydrogen-bond acceptors (Lipinski definition) is 3. The Labute approximate surface area is 109 Å². The van der Waals surface area contributed by atoms with Crippen LogP contribution in [-0.4, -0.2) is 28.2 Å². The quantitative estimate of drug-likeness (QED) is 0.749. The molecule has 2 N–H and O–H groups in total. The molecule has 0 aromatic rings. The van der Waals surface area contributed by atoms with Crippen LogP contribution in [-0.2, 0) is 4.79 Å². The molecule has 3 aliphatic carbocycles. The highest BCUT2D eigenvalue weighted by Gasteiger charge is 2.57. The van der Waals surface area contributed by atoms with E-state index in [-0.39, 0.29) is 30.1 Å². The van der Waals surface area contributed by atoms with Gasteiger partial charge in [0, 0.05) is 11.8 Å². The third-order valence-electron chi connectivity index (χ3n) is 5.74. The summed E-state index contributed by atoms with van der Waals surface area (Å²) in [5.41, 5.74) is -0.744. The lowest BCUT2D eigenvalue weighted by Crippen LogP contribution is -2.60. The normalized spacial score (nSPS) is 48.4. The second-order valence-corrected chi connectivity index (χ2v) is 6.62. The van der Waals surface area contributed by atoms with Crippen LogP contribution in [0.4, 0.5) is 0 Å². The molecule has 0 aliphatic heterocycles. The number of carbonyl (C=O) groups is 1. The molecular formula is C15H24O3. The summed E-state index contributed by atoms with van der Waals surface area (Å²) in [6.07, 6.45) is 8.13. The Morgan fingerprint density at radius 2 is 1.89 bits per heavy atom. The fraction of sp³-hybridized carbons (Fsp3) is 0.933. The van der Waals surface area contributed by atoms with E-state index in [1.807, 2.05) is 0 Å². The Kier molecular flexibility index (Phi) is 3.23. The van der Waals surface area contributed by atoms with Crippen LogP contribution in [0.5, 0.6) is 0 Å². The molecule has 0 aromatic carbocycles. The predicted octanol–water partition coefficient (Wildman–Crippen LogP) is 1.91. The first-order valence-corrected chi connectivity index (χ1v) is 7.54. The maximum atomic E-state index is 12.5. The van der Waals surface area contributed by atoms with Gasteiger partial charge in [-0.05, 0) is 43.9 Å². The zero-order chi connectivity index (χ0) is 12.8. The van der Waals surface area contributed by atoms with Crippen molar-refractivity contribution in [3.63, 3.8) is 0 Å². The molecule has 4 bridgehead atoms. The van der Waals surface area contributed by atoms with E-state index in [1.54, 1.807) is 0 Å². The van der Waals surface area contributed by atoms with Gasteiger partial charge in [0.05, 0.1) is 12.2 Å². The van der Waals surface area contributed by atoms with Crippen LogP contribution in [0.3, 0.4) is 0 Å². The summed E-state index contributed by atoms with van der Waals surface area (Å²) in [6, 6.07) is 0. The van der Waals surface area contributed by atoms with Gasteiger partial charge in [0.2, 0.25) is 0 Å². The van der Waals surface area contributed by atoms with E-state index in [9.17, 15) is 15.0 Å². The van der Waals surface area contributed by atoms with Crippen LogP contribution in [0.1, 0.15) is 51.4 Å². The third-order valence-corrected chi connectivity index (χ3v) is 5.74. The molecule has 3 heteroatoms. The number of ketones is 1. The van der Waals surface area contributed by atoms with Gasteiger partial charge in [-0.1, -0.05) is 19.3 Å². The summed E-state index contributed by atoms with van der Waals surface area (Å²) in [5, 5.41) is 20.5. The number of Topliss-reactive ketones (excluding diaryl/α,β-unsaturated/α-hetero) is 1. The number of aliphatic hydroxyl groups excluding tert-OH is 1. The molecule has 3 fully saturated rings. The Morgan fingerprint density at radius 3 is 2.67 bits per heavy atom. The van der Waals surface area contributed by atoms with Gasteiger partial charge in [-0.15, -0.1) is 0 Å². The highest BCUT2D eigenvalue weighted by Crippen LogP contribution is 2.53. The summed E-state index contributed by atoms with van der Waals surface area (Å²) < 4.78 is 0. The van der Waals surface area contributed by atoms with E-state index in [4.69, 9.17) is 0 Å². The van der Waals surface area contributed by atoms with Crippen molar-refractivity contribution in [2.75, 3.05) is 6.61 Å². The van der Waals surface area contributed by atoms with Gasteiger partial charge in [-0.3, -0.25) is 4.79 Å². The highest BCUT2D eigenvalue weighted by atomic mass is 16.3. The standard InChI is InChI=1S/C15H24O3/c16-9-11-8-12-6-2-1-4-10-5-3-7-15(12,18)13(10)14(11)17/h10-13,16,18H,1-9H2/t10-,11?,12-,13+,15+/m0/s1. The van der Waals surface area contributed by atoms with E-state index in [0.29, 0.717) is 12.3 Å². The van der Waals surface area contributed by atoms with Gasteiger partial charge in [-0.2, -0.15) is 0 Å². The maximum absolute atomic E-state index is 12.5. The zero-order valence-corrected chi connectivity index (χ0v) is 11.0. The first-order chi connectivity index (χ1) is 8.66. The SMILES string of the molecule is O=C1C(CO)C[C@@H]2CCCC[C@H]3CCC[C@]2(O)[C@@H]13. The maximum Gasteiger partial charge on any atom is 0.144 e. The molecule has 18 heavy (non-hydrogen) atoms. The Bertz CT molecular complexity index is 341. The van der Waals surface area contributed by atoms with E-state index in [1.165, 1.54) is 12.8 Å². The third kappa shape index (κ3) is 1.75. The van der Waals surface area contributed by atoms with Crippen molar-refractivity contribution in [2.24, 2.45) is 23.7 Å². The van der Waals surface area contributed by atoms with Crippen LogP contribution >= 0.6 is 0 Å². The van der Waals surface area contributed by atoms with Crippen LogP contribution in [0.2, 0.25) is 0 Å². The average Bonchev–Trinajstić information content (AvgIpc) is 2.36. The first-order valence-electron chi connectivity index (χ1n) is 7.54. The molecule has 0 radical (unpaired) electrons. The van der Waals surface area contributed by atoms with Crippen LogP contribution < -0.4 is 0 Å². The molecule has 1 unspecified atom stereocenters. The smallest absolute Gasteiger partial charge is 0.144 e. The van der Waals surface area contributed by atoms with Gasteiger partial charge in [0.25, 0.3) is 0 Å². The van der Waals surface area contributed by atoms with Crippen molar-refractivity contribution in [2.45, 2.75) is 57.0 Å². The lowest BCUT2D eigenvalue weighted by Gasteiger charge is -2.54. The number of aliphatic hydroxyl groups is 2. The molecule has 5 atom stereocenters. The lowest BCUT2D eigenvalue weighted by molar-refractivity contribution is -0.176. The summed E-state index contributed by atoms with van der Waals surface area (Å²) in [6.45, 7) is -0.0331. The molecule has 3 rings (SSSR count). The van der Waals surface area contributed by atoms with E-state index >= 15 is 0 Å². The predicted molar refractivity (Wildman–Crippen MR) is 67.9 cm³/mol. The monoisotopic (exact) mass is 252 g/mol. The van der Waals surface area contributed by atoms with Gasteiger partial charge in [0.15, 0.2) is 0 Å². The fourth-order valence-corrected chi connectivity index (χ4v) is 4.87. The van der Waals surface area contributed by atoms with Gasteiger partial charge < -0.3 is 10.2 Å². The van der Waals surface area contributed by atoms with Crippen LogP contribution in [0.25, 0.3) is 0 Å². The van der Waals surface area contributed by atoms with Crippen LogP contribution in [0.15, 0.2) is 0 Å². The molecule has 0 saturated heterocycles. The van der Waals surface area contributed by atoms with Gasteiger partial charge in [0.1, 0.15) is 5.78 Å². The van der Waals surface area contributed by atoms with Gasteiger partial charge >= 0.3 is 0 Å². The summed E-state index contributed by atoms with van der Waals surface area (Å²) in [4.78, 5) is 12.5. The molecule has 3 saturated carbocycles. The van der Waals surface area contributed by atoms with Crippen molar-refractivity contribution in [3.05, 3.63) is 0 Å². The Morgan fingerprint density at radius 1 is 1.17 bits per heavy atom. The molecule has 3 nitrogen and oxygen atoms in total. The summed E-state index contributed by atoms with van der Waals surface area (Å²) in [7, 11) is 0. The summed E-state index contributed by atoms with van der Waals surface area (Å²) >= 11 is 0. The van der Waals surface area contributed by atoms with Crippen LogP contribution in [0, 0.1) is 23.7 Å². The first kappa shape index (κ1) is 12.6. The minimum absolute atomic E-state index is 0.0331. The number of rotatable bonds is 1. The topological polar surface area (TPSA) is 57.5 Å². The number of carbonyl (C=O) groups excluding carboxylic acids is 1. The lowest BCUT2D eigenvalue weighted by atomic mass is 9.53. The van der Waals surface area contributed by atoms with Crippen molar-refractivity contribution in [3.8, 4) is 0 Å². The molecule has 0 aromatic heterocycles. The molecule has 0 amide bonds. The van der Waals surface area contributed by atoms with Crippen molar-refractivity contribution < 1.29 is 15.0 Å². The number of hydrogen-bond donors (Lipinski definition) is 2. The average molecular weight is 252 g/mol. The van der Waals surface area contributed by atoms with Gasteiger partial charge in [-0.25, -0.2) is 0 Å². The molecule has 102 valence electrons. The Hall–Kier alpha value is -0.410. The largest absolute Gasteiger partial charge is 0.396 e. The second kappa shape index (κ2) is 4.61. The minimum Gasteiger partial charge on any atom is -0.396 e. The second-order valence-electron chi connectivity index (χ2n) is 6.62. The van der Waals surface area contributed by atoms with Crippen molar-refractivity contribution in [1.82, 2.24) is 0 Å². The summed E-state index contributed by atoms with van der Waals surface area (Å²) in [5.74, 6) is 0.373. The van der Waals surface area contributed by atoms with E-state index in [2.05, 4.69) is 0 Å². The Balaban J connectivity index is 1.98. The zero-order valence-electron chi connectivity index (χ0n) is 11.0. The molecular weight excluding hydrogens is 228 g/mol. The highest BCUT2D eigenvalue weighted by molar-refractivity contribution is 5.86. The molecule has 0 heterocycles. The minimum atomic E-state index is -0.744. The molecule has 3 aliphatic rings. The molecule has 0 spiro atoms. The van der Waals surface area contributed by atoms with E-state index < -0.39 is 5.60 Å².